The van der Waals surface area contributed by atoms with E-state index in [0.29, 0.717) is 11.6 Å². The number of carbonyl (C=O) groups is 2. The van der Waals surface area contributed by atoms with Crippen molar-refractivity contribution in [2.24, 2.45) is 0 Å². The SMILES string of the molecule is O=C(C[C@H]1C(=O)Nc2nc3ccccc3n21)Nc1cccc(F)c1. The minimum atomic E-state index is -0.680. The number of para-hydroxylation sites is 2. The number of amides is 2. The van der Waals surface area contributed by atoms with Gasteiger partial charge in [0, 0.05) is 5.69 Å². The second-order valence-electron chi connectivity index (χ2n) is 5.56. The molecule has 4 rings (SSSR count). The average Bonchev–Trinajstić information content (AvgIpc) is 3.03. The molecule has 1 atom stereocenters. The number of nitrogens with zero attached hydrogens (tertiary/aromatic N) is 2. The molecule has 1 aliphatic heterocycles. The summed E-state index contributed by atoms with van der Waals surface area (Å²) in [5, 5.41) is 5.30. The van der Waals surface area contributed by atoms with Crippen LogP contribution >= 0.6 is 0 Å². The maximum absolute atomic E-state index is 13.2. The molecular formula is C17H13FN4O2. The van der Waals surface area contributed by atoms with E-state index in [4.69, 9.17) is 0 Å². The van der Waals surface area contributed by atoms with Crippen LogP contribution in [0.2, 0.25) is 0 Å². The van der Waals surface area contributed by atoms with Gasteiger partial charge in [-0.15, -0.1) is 0 Å². The van der Waals surface area contributed by atoms with Crippen LogP contribution in [0.5, 0.6) is 0 Å². The summed E-state index contributed by atoms with van der Waals surface area (Å²) in [4.78, 5) is 28.8. The van der Waals surface area contributed by atoms with Crippen LogP contribution in [0.15, 0.2) is 48.5 Å². The van der Waals surface area contributed by atoms with Crippen LogP contribution in [-0.2, 0) is 9.59 Å². The van der Waals surface area contributed by atoms with Gasteiger partial charge in [0.1, 0.15) is 11.9 Å². The fourth-order valence-corrected chi connectivity index (χ4v) is 2.90. The summed E-state index contributed by atoms with van der Waals surface area (Å²) in [7, 11) is 0. The van der Waals surface area contributed by atoms with Crippen molar-refractivity contribution in [1.82, 2.24) is 9.55 Å². The van der Waals surface area contributed by atoms with E-state index in [1.807, 2.05) is 24.3 Å². The van der Waals surface area contributed by atoms with Gasteiger partial charge in [-0.3, -0.25) is 19.5 Å². The van der Waals surface area contributed by atoms with Crippen LogP contribution in [0.4, 0.5) is 16.0 Å². The molecule has 24 heavy (non-hydrogen) atoms. The lowest BCUT2D eigenvalue weighted by atomic mass is 10.1. The van der Waals surface area contributed by atoms with Gasteiger partial charge in [0.25, 0.3) is 0 Å². The Morgan fingerprint density at radius 1 is 1.25 bits per heavy atom. The van der Waals surface area contributed by atoms with E-state index in [0.717, 1.165) is 11.0 Å². The van der Waals surface area contributed by atoms with Crippen molar-refractivity contribution in [2.75, 3.05) is 10.6 Å². The molecule has 2 heterocycles. The number of halogens is 1. The van der Waals surface area contributed by atoms with E-state index >= 15 is 0 Å². The average molecular weight is 324 g/mol. The van der Waals surface area contributed by atoms with Crippen molar-refractivity contribution < 1.29 is 14.0 Å². The zero-order valence-electron chi connectivity index (χ0n) is 12.5. The Morgan fingerprint density at radius 3 is 2.92 bits per heavy atom. The number of anilines is 2. The molecule has 2 aromatic carbocycles. The lowest BCUT2D eigenvalue weighted by Gasteiger charge is -2.12. The molecule has 0 aliphatic carbocycles. The van der Waals surface area contributed by atoms with Crippen molar-refractivity contribution in [1.29, 1.82) is 0 Å². The molecule has 0 spiro atoms. The molecule has 1 aromatic heterocycles. The van der Waals surface area contributed by atoms with E-state index < -0.39 is 11.9 Å². The maximum atomic E-state index is 13.2. The van der Waals surface area contributed by atoms with Crippen LogP contribution in [0, 0.1) is 5.82 Å². The molecule has 2 amide bonds. The molecule has 0 fully saturated rings. The molecule has 1 aliphatic rings. The van der Waals surface area contributed by atoms with Gasteiger partial charge in [-0.2, -0.15) is 0 Å². The van der Waals surface area contributed by atoms with Crippen molar-refractivity contribution in [2.45, 2.75) is 12.5 Å². The van der Waals surface area contributed by atoms with Gasteiger partial charge in [0.15, 0.2) is 0 Å². The molecule has 2 N–H and O–H groups in total. The van der Waals surface area contributed by atoms with E-state index in [9.17, 15) is 14.0 Å². The quantitative estimate of drug-likeness (QED) is 0.778. The predicted molar refractivity (Wildman–Crippen MR) is 87.0 cm³/mol. The van der Waals surface area contributed by atoms with Gasteiger partial charge in [-0.05, 0) is 30.3 Å². The van der Waals surface area contributed by atoms with Crippen LogP contribution in [0.1, 0.15) is 12.5 Å². The smallest absolute Gasteiger partial charge is 0.250 e. The Bertz CT molecular complexity index is 966. The third kappa shape index (κ3) is 2.40. The molecule has 0 saturated heterocycles. The first kappa shape index (κ1) is 14.4. The zero-order valence-corrected chi connectivity index (χ0v) is 12.5. The van der Waals surface area contributed by atoms with E-state index in [1.54, 1.807) is 10.6 Å². The zero-order chi connectivity index (χ0) is 16.7. The number of rotatable bonds is 3. The Balaban J connectivity index is 1.59. The van der Waals surface area contributed by atoms with Crippen LogP contribution in [0.3, 0.4) is 0 Å². The Kier molecular flexibility index (Phi) is 3.26. The molecule has 3 aromatic rings. The molecule has 120 valence electrons. The predicted octanol–water partition coefficient (Wildman–Crippen LogP) is 2.70. The number of hydrogen-bond acceptors (Lipinski definition) is 3. The summed E-state index contributed by atoms with van der Waals surface area (Å²) in [6, 6.07) is 12.3. The second-order valence-corrected chi connectivity index (χ2v) is 5.56. The maximum Gasteiger partial charge on any atom is 0.250 e. The van der Waals surface area contributed by atoms with Crippen molar-refractivity contribution >= 4 is 34.5 Å². The number of hydrogen-bond donors (Lipinski definition) is 2. The summed E-state index contributed by atoms with van der Waals surface area (Å²) in [5.74, 6) is -0.650. The van der Waals surface area contributed by atoms with Gasteiger partial charge in [-0.25, -0.2) is 9.37 Å². The minimum absolute atomic E-state index is 0.0598. The lowest BCUT2D eigenvalue weighted by Crippen LogP contribution is -2.23. The van der Waals surface area contributed by atoms with Crippen molar-refractivity contribution in [3.63, 3.8) is 0 Å². The number of fused-ring (bicyclic) bond motifs is 3. The van der Waals surface area contributed by atoms with E-state index in [-0.39, 0.29) is 18.2 Å². The Hall–Kier alpha value is -3.22. The van der Waals surface area contributed by atoms with Crippen LogP contribution in [-0.4, -0.2) is 21.4 Å². The van der Waals surface area contributed by atoms with Crippen molar-refractivity contribution in [3.8, 4) is 0 Å². The molecular weight excluding hydrogens is 311 g/mol. The van der Waals surface area contributed by atoms with Crippen molar-refractivity contribution in [3.05, 3.63) is 54.3 Å². The third-order valence-corrected chi connectivity index (χ3v) is 3.93. The molecule has 6 nitrogen and oxygen atoms in total. The van der Waals surface area contributed by atoms with Gasteiger partial charge < -0.3 is 5.32 Å². The second kappa shape index (κ2) is 5.45. The summed E-state index contributed by atoms with van der Waals surface area (Å²) in [6.45, 7) is 0. The highest BCUT2D eigenvalue weighted by Gasteiger charge is 2.34. The molecule has 0 bridgehead atoms. The van der Waals surface area contributed by atoms with Crippen LogP contribution < -0.4 is 10.6 Å². The monoisotopic (exact) mass is 324 g/mol. The number of nitrogens with one attached hydrogen (secondary N) is 2. The molecule has 0 radical (unpaired) electrons. The molecule has 0 saturated carbocycles. The van der Waals surface area contributed by atoms with Gasteiger partial charge in [0.2, 0.25) is 17.8 Å². The fraction of sp³-hybridized carbons (Fsp3) is 0.118. The number of carbonyl (C=O) groups excluding carboxylic acids is 2. The van der Waals surface area contributed by atoms with Gasteiger partial charge in [-0.1, -0.05) is 18.2 Å². The topological polar surface area (TPSA) is 76.0 Å². The summed E-state index contributed by atoms with van der Waals surface area (Å²) >= 11 is 0. The highest BCUT2D eigenvalue weighted by atomic mass is 19.1. The standard InChI is InChI=1S/C17H13FN4O2/c18-10-4-3-5-11(8-10)19-15(23)9-14-16(24)21-17-20-12-6-1-2-7-13(12)22(14)17/h1-8,14H,9H2,(H,19,23)(H,20,21,24)/t14-/m0/s1. The van der Waals surface area contributed by atoms with E-state index in [1.165, 1.54) is 18.2 Å². The van der Waals surface area contributed by atoms with Crippen LogP contribution in [0.25, 0.3) is 11.0 Å². The Morgan fingerprint density at radius 2 is 2.08 bits per heavy atom. The largest absolute Gasteiger partial charge is 0.326 e. The first-order chi connectivity index (χ1) is 11.6. The fourth-order valence-electron chi connectivity index (χ4n) is 2.90. The first-order valence-electron chi connectivity index (χ1n) is 7.45. The summed E-state index contributed by atoms with van der Waals surface area (Å²) in [6.07, 6.45) is -0.0598. The number of benzene rings is 2. The van der Waals surface area contributed by atoms with Gasteiger partial charge in [0.05, 0.1) is 17.5 Å². The van der Waals surface area contributed by atoms with E-state index in [2.05, 4.69) is 15.6 Å². The normalized spacial score (nSPS) is 16.0. The number of imidazole rings is 1. The highest BCUT2D eigenvalue weighted by molar-refractivity contribution is 6.03. The third-order valence-electron chi connectivity index (χ3n) is 3.93. The minimum Gasteiger partial charge on any atom is -0.326 e. The molecule has 7 heteroatoms. The summed E-state index contributed by atoms with van der Waals surface area (Å²) in [5.41, 5.74) is 1.89. The highest BCUT2D eigenvalue weighted by Crippen LogP contribution is 2.32. The van der Waals surface area contributed by atoms with Gasteiger partial charge >= 0.3 is 0 Å². The molecule has 0 unspecified atom stereocenters. The number of aromatic nitrogens is 2. The lowest BCUT2D eigenvalue weighted by molar-refractivity contribution is -0.123. The first-order valence-corrected chi connectivity index (χ1v) is 7.45. The summed E-state index contributed by atoms with van der Waals surface area (Å²) < 4.78 is 14.9. The Labute approximate surface area is 136 Å².